The molecular weight excluding hydrogens is 166 g/mol. The maximum Gasteiger partial charge on any atom is 0.0317 e. The summed E-state index contributed by atoms with van der Waals surface area (Å²) >= 11 is 1.96. The van der Waals surface area contributed by atoms with Crippen LogP contribution in [0.5, 0.6) is 0 Å². The number of fused-ring (bicyclic) bond motifs is 1. The van der Waals surface area contributed by atoms with Gasteiger partial charge in [-0.3, -0.25) is 0 Å². The Kier molecular flexibility index (Phi) is 2.26. The SMILES string of the molecule is Nc1ccc2c(c1)CCCCS2. The molecule has 0 unspecified atom stereocenters. The Bertz CT molecular complexity index is 283. The van der Waals surface area contributed by atoms with E-state index in [0.717, 1.165) is 5.69 Å². The van der Waals surface area contributed by atoms with Crippen molar-refractivity contribution in [2.45, 2.75) is 24.2 Å². The molecule has 12 heavy (non-hydrogen) atoms. The molecule has 0 saturated heterocycles. The fourth-order valence-corrected chi connectivity index (χ4v) is 2.61. The molecule has 1 aliphatic heterocycles. The first kappa shape index (κ1) is 7.99. The van der Waals surface area contributed by atoms with Crippen molar-refractivity contribution in [2.24, 2.45) is 0 Å². The van der Waals surface area contributed by atoms with E-state index < -0.39 is 0 Å². The Morgan fingerprint density at radius 2 is 2.17 bits per heavy atom. The molecule has 1 aliphatic rings. The minimum absolute atomic E-state index is 0.899. The first-order valence-corrected chi connectivity index (χ1v) is 5.36. The van der Waals surface area contributed by atoms with Crippen LogP contribution in [0.2, 0.25) is 0 Å². The molecule has 1 aromatic carbocycles. The van der Waals surface area contributed by atoms with Crippen molar-refractivity contribution < 1.29 is 0 Å². The molecule has 0 aliphatic carbocycles. The fourth-order valence-electron chi connectivity index (χ4n) is 1.54. The van der Waals surface area contributed by atoms with E-state index in [1.807, 2.05) is 17.8 Å². The molecule has 0 bridgehead atoms. The zero-order valence-electron chi connectivity index (χ0n) is 7.05. The van der Waals surface area contributed by atoms with Gasteiger partial charge in [-0.1, -0.05) is 0 Å². The van der Waals surface area contributed by atoms with Crippen molar-refractivity contribution in [1.82, 2.24) is 0 Å². The van der Waals surface area contributed by atoms with Crippen LogP contribution in [0.25, 0.3) is 0 Å². The van der Waals surface area contributed by atoms with Crippen LogP contribution in [-0.2, 0) is 6.42 Å². The smallest absolute Gasteiger partial charge is 0.0317 e. The number of hydrogen-bond acceptors (Lipinski definition) is 2. The summed E-state index contributed by atoms with van der Waals surface area (Å²) in [5, 5.41) is 0. The van der Waals surface area contributed by atoms with E-state index in [-0.39, 0.29) is 0 Å². The summed E-state index contributed by atoms with van der Waals surface area (Å²) in [6, 6.07) is 6.27. The maximum absolute atomic E-state index is 5.72. The van der Waals surface area contributed by atoms with Gasteiger partial charge in [0, 0.05) is 10.6 Å². The van der Waals surface area contributed by atoms with E-state index in [9.17, 15) is 0 Å². The minimum Gasteiger partial charge on any atom is -0.399 e. The molecular formula is C10H13NS. The number of hydrogen-bond donors (Lipinski definition) is 1. The number of nitrogens with two attached hydrogens (primary N) is 1. The van der Waals surface area contributed by atoms with Gasteiger partial charge in [-0.05, 0) is 48.8 Å². The summed E-state index contributed by atoms with van der Waals surface area (Å²) < 4.78 is 0. The highest BCUT2D eigenvalue weighted by atomic mass is 32.2. The van der Waals surface area contributed by atoms with Crippen LogP contribution in [0.3, 0.4) is 0 Å². The van der Waals surface area contributed by atoms with Gasteiger partial charge < -0.3 is 5.73 Å². The second kappa shape index (κ2) is 3.40. The van der Waals surface area contributed by atoms with Gasteiger partial charge in [0.25, 0.3) is 0 Å². The van der Waals surface area contributed by atoms with Crippen LogP contribution >= 0.6 is 11.8 Å². The Morgan fingerprint density at radius 1 is 1.25 bits per heavy atom. The Hall–Kier alpha value is -0.630. The van der Waals surface area contributed by atoms with Gasteiger partial charge in [-0.2, -0.15) is 0 Å². The van der Waals surface area contributed by atoms with Gasteiger partial charge in [0.05, 0.1) is 0 Å². The highest BCUT2D eigenvalue weighted by Gasteiger charge is 2.07. The van der Waals surface area contributed by atoms with Crippen LogP contribution in [-0.4, -0.2) is 5.75 Å². The van der Waals surface area contributed by atoms with Crippen molar-refractivity contribution >= 4 is 17.4 Å². The predicted molar refractivity (Wildman–Crippen MR) is 54.5 cm³/mol. The summed E-state index contributed by atoms with van der Waals surface area (Å²) in [7, 11) is 0. The first-order chi connectivity index (χ1) is 5.86. The minimum atomic E-state index is 0.899. The average molecular weight is 179 g/mol. The zero-order chi connectivity index (χ0) is 8.39. The second-order valence-electron chi connectivity index (χ2n) is 3.17. The molecule has 0 saturated carbocycles. The van der Waals surface area contributed by atoms with E-state index >= 15 is 0 Å². The lowest BCUT2D eigenvalue weighted by atomic mass is 10.1. The third kappa shape index (κ3) is 1.58. The van der Waals surface area contributed by atoms with Crippen LogP contribution in [0.15, 0.2) is 23.1 Å². The number of thioether (sulfide) groups is 1. The molecule has 0 amide bonds. The number of benzene rings is 1. The maximum atomic E-state index is 5.72. The molecule has 0 spiro atoms. The van der Waals surface area contributed by atoms with E-state index in [1.54, 1.807) is 0 Å². The van der Waals surface area contributed by atoms with Crippen molar-refractivity contribution in [3.8, 4) is 0 Å². The molecule has 0 radical (unpaired) electrons. The van der Waals surface area contributed by atoms with Crippen molar-refractivity contribution in [3.05, 3.63) is 23.8 Å². The lowest BCUT2D eigenvalue weighted by molar-refractivity contribution is 0.804. The highest BCUT2D eigenvalue weighted by Crippen LogP contribution is 2.29. The average Bonchev–Trinajstić information content (AvgIpc) is 2.28. The third-order valence-corrected chi connectivity index (χ3v) is 3.38. The molecule has 0 fully saturated rings. The third-order valence-electron chi connectivity index (χ3n) is 2.18. The number of nitrogen functional groups attached to an aromatic ring is 1. The lowest BCUT2D eigenvalue weighted by Gasteiger charge is -2.04. The zero-order valence-corrected chi connectivity index (χ0v) is 7.86. The Balaban J connectivity index is 2.36. The highest BCUT2D eigenvalue weighted by molar-refractivity contribution is 7.99. The summed E-state index contributed by atoms with van der Waals surface area (Å²) in [4.78, 5) is 1.43. The summed E-state index contributed by atoms with van der Waals surface area (Å²) in [5.41, 5.74) is 8.07. The summed E-state index contributed by atoms with van der Waals surface area (Å²) in [6.07, 6.45) is 3.84. The molecule has 1 heterocycles. The van der Waals surface area contributed by atoms with Gasteiger partial charge in [-0.15, -0.1) is 11.8 Å². The summed E-state index contributed by atoms with van der Waals surface area (Å²) in [6.45, 7) is 0. The first-order valence-electron chi connectivity index (χ1n) is 4.37. The Morgan fingerprint density at radius 3 is 3.08 bits per heavy atom. The van der Waals surface area contributed by atoms with Crippen LogP contribution in [0, 0.1) is 0 Å². The van der Waals surface area contributed by atoms with E-state index in [1.165, 1.54) is 35.5 Å². The van der Waals surface area contributed by atoms with Crippen LogP contribution in [0.1, 0.15) is 18.4 Å². The topological polar surface area (TPSA) is 26.0 Å². The van der Waals surface area contributed by atoms with E-state index in [0.29, 0.717) is 0 Å². The van der Waals surface area contributed by atoms with Crippen LogP contribution < -0.4 is 5.73 Å². The van der Waals surface area contributed by atoms with Crippen molar-refractivity contribution in [3.63, 3.8) is 0 Å². The molecule has 64 valence electrons. The van der Waals surface area contributed by atoms with Gasteiger partial charge in [0.1, 0.15) is 0 Å². The molecule has 1 aromatic rings. The van der Waals surface area contributed by atoms with E-state index in [4.69, 9.17) is 5.73 Å². The molecule has 2 N–H and O–H groups in total. The molecule has 1 nitrogen and oxygen atoms in total. The van der Waals surface area contributed by atoms with E-state index in [2.05, 4.69) is 12.1 Å². The van der Waals surface area contributed by atoms with Crippen molar-refractivity contribution in [2.75, 3.05) is 11.5 Å². The molecule has 2 rings (SSSR count). The van der Waals surface area contributed by atoms with Crippen molar-refractivity contribution in [1.29, 1.82) is 0 Å². The number of rotatable bonds is 0. The lowest BCUT2D eigenvalue weighted by Crippen LogP contribution is -1.90. The van der Waals surface area contributed by atoms with Gasteiger partial charge in [-0.25, -0.2) is 0 Å². The predicted octanol–water partition coefficient (Wildman–Crippen LogP) is 2.70. The van der Waals surface area contributed by atoms with Crippen LogP contribution in [0.4, 0.5) is 5.69 Å². The standard InChI is InChI=1S/C10H13NS/c11-9-4-5-10-8(7-9)3-1-2-6-12-10/h4-5,7H,1-3,6,11H2. The molecule has 0 atom stereocenters. The van der Waals surface area contributed by atoms with Gasteiger partial charge in [0.15, 0.2) is 0 Å². The van der Waals surface area contributed by atoms with Gasteiger partial charge in [0.2, 0.25) is 0 Å². The van der Waals surface area contributed by atoms with Gasteiger partial charge >= 0.3 is 0 Å². The fraction of sp³-hybridized carbons (Fsp3) is 0.400. The number of anilines is 1. The normalized spacial score (nSPS) is 16.7. The molecule has 0 aromatic heterocycles. The second-order valence-corrected chi connectivity index (χ2v) is 4.31. The largest absolute Gasteiger partial charge is 0.399 e. The quantitative estimate of drug-likeness (QED) is 0.620. The Labute approximate surface area is 77.3 Å². The number of aryl methyl sites for hydroxylation is 1. The molecule has 2 heteroatoms. The monoisotopic (exact) mass is 179 g/mol. The summed E-state index contributed by atoms with van der Waals surface area (Å²) in [5.74, 6) is 1.26.